The summed E-state index contributed by atoms with van der Waals surface area (Å²) < 4.78 is 11.2. The topological polar surface area (TPSA) is 47.9 Å². The van der Waals surface area contributed by atoms with E-state index in [0.717, 1.165) is 43.7 Å². The van der Waals surface area contributed by atoms with Crippen molar-refractivity contribution in [3.63, 3.8) is 0 Å². The summed E-state index contributed by atoms with van der Waals surface area (Å²) in [7, 11) is 0. The first kappa shape index (κ1) is 30.3. The normalized spacial score (nSPS) is 11.9. The van der Waals surface area contributed by atoms with Gasteiger partial charge < -0.3 is 9.47 Å². The zero-order valence-corrected chi connectivity index (χ0v) is 23.5. The summed E-state index contributed by atoms with van der Waals surface area (Å²) >= 11 is 0. The Morgan fingerprint density at radius 2 is 1.43 bits per heavy atom. The molecule has 0 saturated heterocycles. The molecule has 0 fully saturated rings. The van der Waals surface area contributed by atoms with Gasteiger partial charge in [-0.15, -0.1) is 0 Å². The summed E-state index contributed by atoms with van der Waals surface area (Å²) in [4.78, 5) is 16.3. The van der Waals surface area contributed by atoms with Gasteiger partial charge in [0, 0.05) is 6.21 Å². The maximum Gasteiger partial charge on any atom is 0.306 e. The first-order chi connectivity index (χ1) is 17.9. The third-order valence-corrected chi connectivity index (χ3v) is 6.66. The third-order valence-electron chi connectivity index (χ3n) is 6.66. The second-order valence-corrected chi connectivity index (χ2v) is 10.6. The Morgan fingerprint density at radius 1 is 0.838 bits per heavy atom. The van der Waals surface area contributed by atoms with E-state index >= 15 is 0 Å². The summed E-state index contributed by atoms with van der Waals surface area (Å²) in [5.74, 6) is 0.841. The summed E-state index contributed by atoms with van der Waals surface area (Å²) in [5.41, 5.74) is 3.39. The fourth-order valence-electron chi connectivity index (χ4n) is 3.80. The molecule has 0 bridgehead atoms. The fraction of sp³-hybridized carbons (Fsp3) is 0.515. The molecule has 0 saturated carbocycles. The average molecular weight is 506 g/mol. The molecule has 0 N–H and O–H groups in total. The SMILES string of the molecule is CCC(C)(C)CC(=O)OCCCCCCCCCCOc1ccc(N=C/C=C/c2ccc(C)cc2)cc1. The van der Waals surface area contributed by atoms with Crippen LogP contribution in [0, 0.1) is 12.3 Å². The lowest BCUT2D eigenvalue weighted by molar-refractivity contribution is -0.146. The molecule has 0 aliphatic rings. The number of nitrogens with zero attached hydrogens (tertiary/aromatic N) is 1. The van der Waals surface area contributed by atoms with E-state index in [1.807, 2.05) is 36.6 Å². The van der Waals surface area contributed by atoms with Crippen LogP contribution in [0.3, 0.4) is 0 Å². The number of hydrogen-bond acceptors (Lipinski definition) is 4. The second-order valence-electron chi connectivity index (χ2n) is 10.6. The van der Waals surface area contributed by atoms with Crippen molar-refractivity contribution < 1.29 is 14.3 Å². The van der Waals surface area contributed by atoms with Crippen LogP contribution in [0.5, 0.6) is 5.75 Å². The minimum absolute atomic E-state index is 0.0438. The van der Waals surface area contributed by atoms with E-state index in [0.29, 0.717) is 13.0 Å². The van der Waals surface area contributed by atoms with Gasteiger partial charge in [0.15, 0.2) is 0 Å². The lowest BCUT2D eigenvalue weighted by Crippen LogP contribution is -2.18. The van der Waals surface area contributed by atoms with Gasteiger partial charge in [0.2, 0.25) is 0 Å². The minimum Gasteiger partial charge on any atom is -0.494 e. The lowest BCUT2D eigenvalue weighted by atomic mass is 9.87. The summed E-state index contributed by atoms with van der Waals surface area (Å²) in [6.45, 7) is 9.75. The number of aliphatic imine (C=N–C) groups is 1. The molecule has 2 rings (SSSR count). The van der Waals surface area contributed by atoms with E-state index in [1.54, 1.807) is 0 Å². The highest BCUT2D eigenvalue weighted by atomic mass is 16.5. The molecule has 0 aliphatic heterocycles. The monoisotopic (exact) mass is 505 g/mol. The van der Waals surface area contributed by atoms with Gasteiger partial charge in [-0.05, 0) is 61.1 Å². The number of carbonyl (C=O) groups is 1. The predicted molar refractivity (Wildman–Crippen MR) is 157 cm³/mol. The van der Waals surface area contributed by atoms with Crippen molar-refractivity contribution in [3.05, 3.63) is 65.7 Å². The van der Waals surface area contributed by atoms with Crippen LogP contribution in [0.4, 0.5) is 5.69 Å². The van der Waals surface area contributed by atoms with Gasteiger partial charge in [-0.3, -0.25) is 9.79 Å². The zero-order valence-electron chi connectivity index (χ0n) is 23.5. The smallest absolute Gasteiger partial charge is 0.306 e. The molecule has 0 heterocycles. The van der Waals surface area contributed by atoms with Crippen LogP contribution in [0.15, 0.2) is 59.6 Å². The van der Waals surface area contributed by atoms with Crippen LogP contribution in [0.25, 0.3) is 6.08 Å². The van der Waals surface area contributed by atoms with Gasteiger partial charge in [0.05, 0.1) is 25.3 Å². The molecule has 0 spiro atoms. The number of benzene rings is 2. The zero-order chi connectivity index (χ0) is 26.8. The highest BCUT2D eigenvalue weighted by molar-refractivity contribution is 5.80. The molecule has 4 nitrogen and oxygen atoms in total. The molecule has 2 aromatic carbocycles. The van der Waals surface area contributed by atoms with Gasteiger partial charge in [0.1, 0.15) is 5.75 Å². The molecule has 0 aliphatic carbocycles. The summed E-state index contributed by atoms with van der Waals surface area (Å²) in [6, 6.07) is 16.4. The van der Waals surface area contributed by atoms with Crippen molar-refractivity contribution in [1.82, 2.24) is 0 Å². The Labute approximate surface area is 225 Å². The van der Waals surface area contributed by atoms with Gasteiger partial charge >= 0.3 is 5.97 Å². The maximum atomic E-state index is 11.8. The number of allylic oxidation sites excluding steroid dienone is 1. The lowest BCUT2D eigenvalue weighted by Gasteiger charge is -2.20. The van der Waals surface area contributed by atoms with Crippen molar-refractivity contribution in [2.24, 2.45) is 10.4 Å². The van der Waals surface area contributed by atoms with Crippen molar-refractivity contribution in [1.29, 1.82) is 0 Å². The van der Waals surface area contributed by atoms with Crippen molar-refractivity contribution in [3.8, 4) is 5.75 Å². The van der Waals surface area contributed by atoms with E-state index < -0.39 is 0 Å². The molecule has 0 atom stereocenters. The highest BCUT2D eigenvalue weighted by Crippen LogP contribution is 2.24. The molecule has 4 heteroatoms. The largest absolute Gasteiger partial charge is 0.494 e. The van der Waals surface area contributed by atoms with Gasteiger partial charge in [-0.2, -0.15) is 0 Å². The molecule has 2 aromatic rings. The van der Waals surface area contributed by atoms with Gasteiger partial charge in [0.25, 0.3) is 0 Å². The van der Waals surface area contributed by atoms with Crippen LogP contribution < -0.4 is 4.74 Å². The second kappa shape index (κ2) is 17.6. The number of rotatable bonds is 18. The Bertz CT molecular complexity index is 943. The van der Waals surface area contributed by atoms with Crippen LogP contribution in [0.1, 0.15) is 96.1 Å². The number of unbranched alkanes of at least 4 members (excludes halogenated alkanes) is 7. The molecule has 0 unspecified atom stereocenters. The standard InChI is InChI=1S/C33H47NO3/c1-5-33(3,4)27-32(35)37-26-13-11-9-7-6-8-10-12-25-36-31-22-20-30(21-23-31)34-24-14-15-29-18-16-28(2)17-19-29/h14-24H,5-13,25-27H2,1-4H3/b15-14+,34-24?. The Kier molecular flexibility index (Phi) is 14.4. The van der Waals surface area contributed by atoms with Crippen LogP contribution in [-0.2, 0) is 9.53 Å². The molecule has 0 aromatic heterocycles. The number of carbonyl (C=O) groups excluding carboxylic acids is 1. The summed E-state index contributed by atoms with van der Waals surface area (Å²) in [5, 5.41) is 0. The van der Waals surface area contributed by atoms with Crippen molar-refractivity contribution in [2.45, 2.75) is 91.9 Å². The van der Waals surface area contributed by atoms with Crippen LogP contribution >= 0.6 is 0 Å². The van der Waals surface area contributed by atoms with Crippen LogP contribution in [-0.4, -0.2) is 25.4 Å². The molecule has 0 radical (unpaired) electrons. The van der Waals surface area contributed by atoms with Gasteiger partial charge in [-0.25, -0.2) is 0 Å². The average Bonchev–Trinajstić information content (AvgIpc) is 2.89. The molecule has 37 heavy (non-hydrogen) atoms. The van der Waals surface area contributed by atoms with E-state index in [4.69, 9.17) is 9.47 Å². The Balaban J connectivity index is 1.44. The van der Waals surface area contributed by atoms with E-state index in [1.165, 1.54) is 43.2 Å². The molecular weight excluding hydrogens is 458 g/mol. The van der Waals surface area contributed by atoms with E-state index in [2.05, 4.69) is 63.0 Å². The molecule has 202 valence electrons. The number of ether oxygens (including phenoxy) is 2. The Hall–Kier alpha value is -2.88. The number of esters is 1. The summed E-state index contributed by atoms with van der Waals surface area (Å²) in [6.07, 6.45) is 16.7. The predicted octanol–water partition coefficient (Wildman–Crippen LogP) is 9.28. The first-order valence-electron chi connectivity index (χ1n) is 14.0. The van der Waals surface area contributed by atoms with Crippen molar-refractivity contribution in [2.75, 3.05) is 13.2 Å². The fourth-order valence-corrected chi connectivity index (χ4v) is 3.80. The van der Waals surface area contributed by atoms with Crippen LogP contribution in [0.2, 0.25) is 0 Å². The molecule has 0 amide bonds. The van der Waals surface area contributed by atoms with Crippen molar-refractivity contribution >= 4 is 23.9 Å². The highest BCUT2D eigenvalue weighted by Gasteiger charge is 2.20. The van der Waals surface area contributed by atoms with Gasteiger partial charge in [-0.1, -0.05) is 102 Å². The maximum absolute atomic E-state index is 11.8. The first-order valence-corrected chi connectivity index (χ1v) is 14.0. The quantitative estimate of drug-likeness (QED) is 0.115. The van der Waals surface area contributed by atoms with E-state index in [9.17, 15) is 4.79 Å². The molecular formula is C33H47NO3. The number of hydrogen-bond donors (Lipinski definition) is 0. The Morgan fingerprint density at radius 3 is 2.05 bits per heavy atom. The number of aryl methyl sites for hydroxylation is 1. The third kappa shape index (κ3) is 14.4. The minimum atomic E-state index is -0.0551. The van der Waals surface area contributed by atoms with E-state index in [-0.39, 0.29) is 11.4 Å².